The lowest BCUT2D eigenvalue weighted by Gasteiger charge is -2.29. The van der Waals surface area contributed by atoms with E-state index in [0.717, 1.165) is 17.5 Å². The van der Waals surface area contributed by atoms with E-state index < -0.39 is 5.97 Å². The summed E-state index contributed by atoms with van der Waals surface area (Å²) in [6.07, 6.45) is 1.39. The lowest BCUT2D eigenvalue weighted by molar-refractivity contribution is -0.137. The third-order valence-corrected chi connectivity index (χ3v) is 3.52. The van der Waals surface area contributed by atoms with E-state index in [1.54, 1.807) is 0 Å². The molecule has 1 aromatic carbocycles. The molecule has 0 bridgehead atoms. The molecule has 0 amide bonds. The standard InChI is InChI=1S/C14H16O3/c1-9-8-10-4-2-3-5-12(10)14(17)11(9)6-7-13(15)16/h2-5,9,11H,6-8H2,1H3,(H,15,16). The number of carbonyl (C=O) groups excluding carboxylic acids is 1. The molecule has 2 atom stereocenters. The lowest BCUT2D eigenvalue weighted by atomic mass is 9.74. The summed E-state index contributed by atoms with van der Waals surface area (Å²) in [5.41, 5.74) is 1.87. The van der Waals surface area contributed by atoms with Crippen molar-refractivity contribution in [1.82, 2.24) is 0 Å². The van der Waals surface area contributed by atoms with Crippen molar-refractivity contribution in [2.45, 2.75) is 26.2 Å². The van der Waals surface area contributed by atoms with Gasteiger partial charge in [0, 0.05) is 17.9 Å². The Morgan fingerprint density at radius 3 is 2.82 bits per heavy atom. The third-order valence-electron chi connectivity index (χ3n) is 3.52. The number of Topliss-reactive ketones (excluding diaryl/α,β-unsaturated/α-hetero) is 1. The van der Waals surface area contributed by atoms with Gasteiger partial charge in [-0.2, -0.15) is 0 Å². The summed E-state index contributed by atoms with van der Waals surface area (Å²) in [7, 11) is 0. The van der Waals surface area contributed by atoms with Gasteiger partial charge >= 0.3 is 5.97 Å². The molecule has 3 heteroatoms. The first-order valence-electron chi connectivity index (χ1n) is 5.93. The quantitative estimate of drug-likeness (QED) is 0.871. The van der Waals surface area contributed by atoms with Gasteiger partial charge in [0.15, 0.2) is 5.78 Å². The molecule has 1 N–H and O–H groups in total. The Labute approximate surface area is 100 Å². The predicted molar refractivity (Wildman–Crippen MR) is 64.0 cm³/mol. The molecule has 2 rings (SSSR count). The summed E-state index contributed by atoms with van der Waals surface area (Å²) < 4.78 is 0. The number of benzene rings is 1. The molecule has 1 aliphatic carbocycles. The normalized spacial score (nSPS) is 23.2. The number of rotatable bonds is 3. The highest BCUT2D eigenvalue weighted by Crippen LogP contribution is 2.32. The summed E-state index contributed by atoms with van der Waals surface area (Å²) in [6, 6.07) is 7.63. The first-order chi connectivity index (χ1) is 8.09. The zero-order valence-electron chi connectivity index (χ0n) is 9.85. The zero-order chi connectivity index (χ0) is 12.4. The minimum Gasteiger partial charge on any atom is -0.481 e. The molecule has 2 unspecified atom stereocenters. The monoisotopic (exact) mass is 232 g/mol. The zero-order valence-corrected chi connectivity index (χ0v) is 9.85. The molecule has 0 radical (unpaired) electrons. The van der Waals surface area contributed by atoms with Crippen LogP contribution < -0.4 is 0 Å². The first kappa shape index (κ1) is 11.8. The van der Waals surface area contributed by atoms with Crippen LogP contribution in [0, 0.1) is 11.8 Å². The summed E-state index contributed by atoms with van der Waals surface area (Å²) in [4.78, 5) is 22.8. The topological polar surface area (TPSA) is 54.4 Å². The second-order valence-corrected chi connectivity index (χ2v) is 4.74. The highest BCUT2D eigenvalue weighted by atomic mass is 16.4. The van der Waals surface area contributed by atoms with Crippen LogP contribution in [-0.4, -0.2) is 16.9 Å². The van der Waals surface area contributed by atoms with E-state index in [9.17, 15) is 9.59 Å². The summed E-state index contributed by atoms with van der Waals surface area (Å²) in [5, 5.41) is 8.70. The van der Waals surface area contributed by atoms with Crippen molar-refractivity contribution in [3.63, 3.8) is 0 Å². The molecule has 1 aromatic rings. The van der Waals surface area contributed by atoms with Crippen LogP contribution in [0.5, 0.6) is 0 Å². The van der Waals surface area contributed by atoms with Crippen LogP contribution in [-0.2, 0) is 11.2 Å². The van der Waals surface area contributed by atoms with Crippen LogP contribution in [0.1, 0.15) is 35.7 Å². The van der Waals surface area contributed by atoms with Gasteiger partial charge in [-0.3, -0.25) is 9.59 Å². The van der Waals surface area contributed by atoms with E-state index in [-0.39, 0.29) is 24.0 Å². The first-order valence-corrected chi connectivity index (χ1v) is 5.93. The Morgan fingerprint density at radius 1 is 1.41 bits per heavy atom. The van der Waals surface area contributed by atoms with E-state index in [2.05, 4.69) is 0 Å². The Kier molecular flexibility index (Phi) is 3.27. The molecule has 0 heterocycles. The van der Waals surface area contributed by atoms with Crippen molar-refractivity contribution < 1.29 is 14.7 Å². The fourth-order valence-electron chi connectivity index (χ4n) is 2.58. The van der Waals surface area contributed by atoms with Crippen molar-refractivity contribution in [2.75, 3.05) is 0 Å². The van der Waals surface area contributed by atoms with E-state index in [4.69, 9.17) is 5.11 Å². The van der Waals surface area contributed by atoms with E-state index >= 15 is 0 Å². The van der Waals surface area contributed by atoms with Crippen molar-refractivity contribution in [1.29, 1.82) is 0 Å². The van der Waals surface area contributed by atoms with Crippen LogP contribution in [0.15, 0.2) is 24.3 Å². The molecule has 3 nitrogen and oxygen atoms in total. The van der Waals surface area contributed by atoms with Gasteiger partial charge in [0.2, 0.25) is 0 Å². The Balaban J connectivity index is 2.21. The Bertz CT molecular complexity index is 451. The van der Waals surface area contributed by atoms with Crippen LogP contribution in [0.25, 0.3) is 0 Å². The molecule has 0 fully saturated rings. The number of aliphatic carboxylic acids is 1. The second-order valence-electron chi connectivity index (χ2n) is 4.74. The molecule has 0 saturated heterocycles. The van der Waals surface area contributed by atoms with Crippen molar-refractivity contribution in [2.24, 2.45) is 11.8 Å². The maximum absolute atomic E-state index is 12.2. The Hall–Kier alpha value is -1.64. The number of ketones is 1. The van der Waals surface area contributed by atoms with Gasteiger partial charge in [0.05, 0.1) is 0 Å². The number of fused-ring (bicyclic) bond motifs is 1. The molecule has 0 aliphatic heterocycles. The van der Waals surface area contributed by atoms with E-state index in [0.29, 0.717) is 6.42 Å². The summed E-state index contributed by atoms with van der Waals surface area (Å²) in [6.45, 7) is 2.03. The van der Waals surface area contributed by atoms with Gasteiger partial charge < -0.3 is 5.11 Å². The van der Waals surface area contributed by atoms with E-state index in [1.807, 2.05) is 31.2 Å². The average molecular weight is 232 g/mol. The fourth-order valence-corrected chi connectivity index (χ4v) is 2.58. The molecule has 17 heavy (non-hydrogen) atoms. The average Bonchev–Trinajstić information content (AvgIpc) is 2.28. The largest absolute Gasteiger partial charge is 0.481 e. The highest BCUT2D eigenvalue weighted by molar-refractivity contribution is 6.00. The van der Waals surface area contributed by atoms with Crippen LogP contribution in [0.3, 0.4) is 0 Å². The Morgan fingerprint density at radius 2 is 2.12 bits per heavy atom. The van der Waals surface area contributed by atoms with Gasteiger partial charge in [0.1, 0.15) is 0 Å². The van der Waals surface area contributed by atoms with E-state index in [1.165, 1.54) is 0 Å². The molecule has 90 valence electrons. The number of hydrogen-bond acceptors (Lipinski definition) is 2. The minimum atomic E-state index is -0.830. The molecule has 0 saturated carbocycles. The summed E-state index contributed by atoms with van der Waals surface area (Å²) in [5.74, 6) is -0.623. The predicted octanol–water partition coefficient (Wildman–Crippen LogP) is 2.54. The van der Waals surface area contributed by atoms with Crippen molar-refractivity contribution >= 4 is 11.8 Å². The van der Waals surface area contributed by atoms with Gasteiger partial charge in [-0.15, -0.1) is 0 Å². The van der Waals surface area contributed by atoms with Crippen LogP contribution in [0.2, 0.25) is 0 Å². The molecular weight excluding hydrogens is 216 g/mol. The summed E-state index contributed by atoms with van der Waals surface area (Å²) >= 11 is 0. The number of hydrogen-bond donors (Lipinski definition) is 1. The van der Waals surface area contributed by atoms with Crippen molar-refractivity contribution in [3.8, 4) is 0 Å². The van der Waals surface area contributed by atoms with Gasteiger partial charge in [-0.1, -0.05) is 31.2 Å². The molecular formula is C14H16O3. The maximum Gasteiger partial charge on any atom is 0.303 e. The SMILES string of the molecule is CC1Cc2ccccc2C(=O)C1CCC(=O)O. The highest BCUT2D eigenvalue weighted by Gasteiger charge is 2.32. The smallest absolute Gasteiger partial charge is 0.303 e. The van der Waals surface area contributed by atoms with Crippen molar-refractivity contribution in [3.05, 3.63) is 35.4 Å². The molecule has 0 spiro atoms. The second kappa shape index (κ2) is 4.70. The van der Waals surface area contributed by atoms with Gasteiger partial charge in [0.25, 0.3) is 0 Å². The third kappa shape index (κ3) is 2.38. The molecule has 1 aliphatic rings. The van der Waals surface area contributed by atoms with Crippen LogP contribution >= 0.6 is 0 Å². The van der Waals surface area contributed by atoms with Gasteiger partial charge in [-0.05, 0) is 24.3 Å². The fraction of sp³-hybridized carbons (Fsp3) is 0.429. The van der Waals surface area contributed by atoms with Gasteiger partial charge in [-0.25, -0.2) is 0 Å². The lowest BCUT2D eigenvalue weighted by Crippen LogP contribution is -2.30. The molecule has 0 aromatic heterocycles. The number of carbonyl (C=O) groups is 2. The van der Waals surface area contributed by atoms with Crippen LogP contribution in [0.4, 0.5) is 0 Å². The number of carboxylic acids is 1. The minimum absolute atomic E-state index is 0.0723. The number of carboxylic acid groups (broad SMARTS) is 1. The maximum atomic E-state index is 12.2.